The molecule has 3 aromatic rings. The monoisotopic (exact) mass is 395 g/mol. The SMILES string of the molecule is COc1ccc(Cl)cc1C(=S)/N=c1\sc(C)cn1Cc1cscn1. The number of thiocarbonyl (C=S) groups is 1. The third-order valence-electron chi connectivity index (χ3n) is 3.24. The predicted octanol–water partition coefficient (Wildman–Crippen LogP) is 4.30. The maximum Gasteiger partial charge on any atom is 0.191 e. The van der Waals surface area contributed by atoms with Gasteiger partial charge in [0, 0.05) is 21.5 Å². The van der Waals surface area contributed by atoms with E-state index in [1.165, 1.54) is 0 Å². The van der Waals surface area contributed by atoms with Gasteiger partial charge in [0.2, 0.25) is 0 Å². The molecule has 1 aromatic carbocycles. The summed E-state index contributed by atoms with van der Waals surface area (Å²) in [6.07, 6.45) is 2.06. The summed E-state index contributed by atoms with van der Waals surface area (Å²) in [4.78, 5) is 11.4. The Hall–Kier alpha value is -1.54. The van der Waals surface area contributed by atoms with Gasteiger partial charge in [0.15, 0.2) is 4.80 Å². The van der Waals surface area contributed by atoms with E-state index in [9.17, 15) is 0 Å². The van der Waals surface area contributed by atoms with Gasteiger partial charge >= 0.3 is 0 Å². The van der Waals surface area contributed by atoms with Crippen LogP contribution in [0.4, 0.5) is 0 Å². The van der Waals surface area contributed by atoms with Crippen LogP contribution in [-0.2, 0) is 6.54 Å². The molecule has 3 rings (SSSR count). The van der Waals surface area contributed by atoms with Crippen LogP contribution in [0.25, 0.3) is 0 Å². The van der Waals surface area contributed by atoms with E-state index in [1.807, 2.05) is 17.8 Å². The van der Waals surface area contributed by atoms with Crippen molar-refractivity contribution < 1.29 is 4.74 Å². The van der Waals surface area contributed by atoms with Crippen molar-refractivity contribution in [2.24, 2.45) is 4.99 Å². The van der Waals surface area contributed by atoms with Gasteiger partial charge in [0.25, 0.3) is 0 Å². The molecule has 0 fully saturated rings. The van der Waals surface area contributed by atoms with Gasteiger partial charge in [-0.05, 0) is 25.1 Å². The molecule has 2 heterocycles. The summed E-state index contributed by atoms with van der Waals surface area (Å²) in [5.41, 5.74) is 3.55. The molecule has 0 aliphatic carbocycles. The van der Waals surface area contributed by atoms with E-state index in [0.29, 0.717) is 27.9 Å². The first-order valence-electron chi connectivity index (χ1n) is 7.03. The first kappa shape index (κ1) is 17.3. The van der Waals surface area contributed by atoms with Crippen LogP contribution in [-0.4, -0.2) is 21.6 Å². The molecular formula is C16H14ClN3OS3. The first-order chi connectivity index (χ1) is 11.6. The molecule has 0 bridgehead atoms. The second kappa shape index (κ2) is 7.57. The number of nitrogens with zero attached hydrogens (tertiary/aromatic N) is 3. The lowest BCUT2D eigenvalue weighted by Gasteiger charge is -2.07. The van der Waals surface area contributed by atoms with Crippen molar-refractivity contribution in [3.8, 4) is 5.75 Å². The van der Waals surface area contributed by atoms with E-state index in [0.717, 1.165) is 15.4 Å². The molecule has 4 nitrogen and oxygen atoms in total. The van der Waals surface area contributed by atoms with E-state index in [2.05, 4.69) is 20.7 Å². The van der Waals surface area contributed by atoms with Crippen molar-refractivity contribution in [1.29, 1.82) is 0 Å². The average molecular weight is 396 g/mol. The van der Waals surface area contributed by atoms with Crippen LogP contribution in [0.1, 0.15) is 16.1 Å². The van der Waals surface area contributed by atoms with Crippen LogP contribution < -0.4 is 9.54 Å². The van der Waals surface area contributed by atoms with E-state index >= 15 is 0 Å². The molecule has 0 amide bonds. The number of hydrogen-bond acceptors (Lipinski definition) is 5. The minimum absolute atomic E-state index is 0.447. The van der Waals surface area contributed by atoms with Crippen molar-refractivity contribution in [3.63, 3.8) is 0 Å². The minimum Gasteiger partial charge on any atom is -0.496 e. The fourth-order valence-electron chi connectivity index (χ4n) is 2.19. The number of thiazole rings is 2. The van der Waals surface area contributed by atoms with Crippen LogP contribution in [0.15, 0.2) is 40.3 Å². The van der Waals surface area contributed by atoms with Crippen LogP contribution >= 0.6 is 46.5 Å². The number of aromatic nitrogens is 2. The second-order valence-corrected chi connectivity index (χ2v) is 7.75. The van der Waals surface area contributed by atoms with E-state index in [4.69, 9.17) is 28.6 Å². The van der Waals surface area contributed by atoms with Crippen LogP contribution in [0.3, 0.4) is 0 Å². The quantitative estimate of drug-likeness (QED) is 0.618. The van der Waals surface area contributed by atoms with Crippen molar-refractivity contribution >= 4 is 51.5 Å². The normalized spacial score (nSPS) is 11.7. The van der Waals surface area contributed by atoms with E-state index < -0.39 is 0 Å². The number of aryl methyl sites for hydroxylation is 1. The van der Waals surface area contributed by atoms with Crippen LogP contribution in [0.2, 0.25) is 5.02 Å². The maximum atomic E-state index is 6.08. The number of rotatable bonds is 4. The first-order valence-corrected chi connectivity index (χ1v) is 9.58. The molecule has 8 heteroatoms. The molecule has 2 aromatic heterocycles. The molecule has 0 saturated carbocycles. The molecule has 0 radical (unpaired) electrons. The molecule has 0 spiro atoms. The summed E-state index contributed by atoms with van der Waals surface area (Å²) >= 11 is 14.8. The molecule has 24 heavy (non-hydrogen) atoms. The molecule has 124 valence electrons. The Labute approximate surface area is 158 Å². The number of benzene rings is 1. The van der Waals surface area contributed by atoms with Crippen molar-refractivity contribution in [2.45, 2.75) is 13.5 Å². The van der Waals surface area contributed by atoms with Gasteiger partial charge in [-0.25, -0.2) is 9.98 Å². The van der Waals surface area contributed by atoms with E-state index in [1.54, 1.807) is 48.0 Å². The van der Waals surface area contributed by atoms with Gasteiger partial charge in [-0.1, -0.05) is 23.8 Å². The molecule has 0 saturated heterocycles. The molecule has 0 aliphatic rings. The minimum atomic E-state index is 0.447. The lowest BCUT2D eigenvalue weighted by molar-refractivity contribution is 0.414. The lowest BCUT2D eigenvalue weighted by Crippen LogP contribution is -2.17. The summed E-state index contributed by atoms with van der Waals surface area (Å²) < 4.78 is 7.42. The van der Waals surface area contributed by atoms with E-state index in [-0.39, 0.29) is 0 Å². The standard InChI is InChI=1S/C16H14ClN3OS3/c1-10-6-20(7-12-8-23-9-18-12)16(24-10)19-15(22)13-5-11(17)3-4-14(13)21-2/h3-6,8-9H,7H2,1-2H3/b19-16-. The maximum absolute atomic E-state index is 6.08. The van der Waals surface area contributed by atoms with Crippen molar-refractivity contribution in [1.82, 2.24) is 9.55 Å². The van der Waals surface area contributed by atoms with Gasteiger partial charge in [-0.15, -0.1) is 22.7 Å². The predicted molar refractivity (Wildman–Crippen MR) is 104 cm³/mol. The summed E-state index contributed by atoms with van der Waals surface area (Å²) in [6, 6.07) is 5.34. The van der Waals surface area contributed by atoms with Gasteiger partial charge in [0.05, 0.1) is 30.4 Å². The Morgan fingerprint density at radius 3 is 3.00 bits per heavy atom. The molecule has 0 unspecified atom stereocenters. The Morgan fingerprint density at radius 2 is 2.29 bits per heavy atom. The molecule has 0 aliphatic heterocycles. The van der Waals surface area contributed by atoms with Gasteiger partial charge in [0.1, 0.15) is 10.7 Å². The van der Waals surface area contributed by atoms with Crippen molar-refractivity contribution in [3.05, 3.63) is 61.2 Å². The molecule has 0 atom stereocenters. The topological polar surface area (TPSA) is 39.4 Å². The third kappa shape index (κ3) is 3.92. The summed E-state index contributed by atoms with van der Waals surface area (Å²) in [7, 11) is 1.60. The molecule has 0 N–H and O–H groups in total. The summed E-state index contributed by atoms with van der Waals surface area (Å²) in [5.74, 6) is 0.660. The van der Waals surface area contributed by atoms with Gasteiger partial charge in [-0.3, -0.25) is 0 Å². The average Bonchev–Trinajstić information content (AvgIpc) is 3.18. The highest BCUT2D eigenvalue weighted by Gasteiger charge is 2.10. The largest absolute Gasteiger partial charge is 0.496 e. The molecular weight excluding hydrogens is 382 g/mol. The highest BCUT2D eigenvalue weighted by Crippen LogP contribution is 2.23. The fourth-order valence-corrected chi connectivity index (χ4v) is 4.05. The lowest BCUT2D eigenvalue weighted by atomic mass is 10.2. The number of halogens is 1. The second-order valence-electron chi connectivity index (χ2n) is 4.99. The zero-order valence-electron chi connectivity index (χ0n) is 13.0. The van der Waals surface area contributed by atoms with Crippen molar-refractivity contribution in [2.75, 3.05) is 7.11 Å². The van der Waals surface area contributed by atoms with Crippen LogP contribution in [0, 0.1) is 6.92 Å². The zero-order valence-corrected chi connectivity index (χ0v) is 16.2. The third-order valence-corrected chi connectivity index (χ3v) is 5.36. The number of methoxy groups -OCH3 is 1. The highest BCUT2D eigenvalue weighted by atomic mass is 35.5. The summed E-state index contributed by atoms with van der Waals surface area (Å²) in [6.45, 7) is 2.71. The highest BCUT2D eigenvalue weighted by molar-refractivity contribution is 7.80. The summed E-state index contributed by atoms with van der Waals surface area (Å²) in [5, 5.41) is 2.63. The van der Waals surface area contributed by atoms with Gasteiger partial charge in [-0.2, -0.15) is 0 Å². The van der Waals surface area contributed by atoms with Crippen LogP contribution in [0.5, 0.6) is 5.75 Å². The Balaban J connectivity index is 1.99. The number of ether oxygens (including phenoxy) is 1. The smallest absolute Gasteiger partial charge is 0.191 e. The van der Waals surface area contributed by atoms with Gasteiger partial charge < -0.3 is 9.30 Å². The Morgan fingerprint density at radius 1 is 1.46 bits per heavy atom. The Kier molecular flexibility index (Phi) is 5.45. The number of hydrogen-bond donors (Lipinski definition) is 0. The Bertz CT molecular complexity index is 928. The fraction of sp³-hybridized carbons (Fsp3) is 0.188. The zero-order chi connectivity index (χ0) is 17.1.